The van der Waals surface area contributed by atoms with Crippen molar-refractivity contribution in [3.63, 3.8) is 0 Å². The van der Waals surface area contributed by atoms with Gasteiger partial charge in [0.2, 0.25) is 0 Å². The van der Waals surface area contributed by atoms with Crippen LogP contribution in [0.5, 0.6) is 0 Å². The number of nitrogens with one attached hydrogen (secondary N) is 1. The van der Waals surface area contributed by atoms with Crippen LogP contribution < -0.4 is 5.32 Å². The normalized spacial score (nSPS) is 11.4. The molecule has 1 heterocycles. The number of benzene rings is 2. The standard InChI is InChI=1S/C21H23N3O2/c1-14-9-5-8-12-17(14)24-19(13-18(23-24)21(2,3)4)22-16-11-7-6-10-15(16)20(25)26/h5-13,22H,1-4H3,(H,25,26). The Morgan fingerprint density at radius 1 is 1.08 bits per heavy atom. The minimum atomic E-state index is -0.967. The molecule has 3 aromatic rings. The average Bonchev–Trinajstić information content (AvgIpc) is 2.99. The molecular weight excluding hydrogens is 326 g/mol. The van der Waals surface area contributed by atoms with Crippen LogP contribution in [0.2, 0.25) is 0 Å². The van der Waals surface area contributed by atoms with Crippen LogP contribution in [-0.4, -0.2) is 20.9 Å². The first-order valence-corrected chi connectivity index (χ1v) is 8.53. The van der Waals surface area contributed by atoms with Crippen LogP contribution in [0.4, 0.5) is 11.5 Å². The number of hydrogen-bond acceptors (Lipinski definition) is 3. The summed E-state index contributed by atoms with van der Waals surface area (Å²) in [6, 6.07) is 16.8. The summed E-state index contributed by atoms with van der Waals surface area (Å²) in [5.74, 6) is -0.232. The smallest absolute Gasteiger partial charge is 0.337 e. The van der Waals surface area contributed by atoms with Gasteiger partial charge in [0.25, 0.3) is 0 Å². The summed E-state index contributed by atoms with van der Waals surface area (Å²) in [7, 11) is 0. The molecule has 0 amide bonds. The third kappa shape index (κ3) is 3.47. The SMILES string of the molecule is Cc1ccccc1-n1nc(C(C)(C)C)cc1Nc1ccccc1C(=O)O. The molecule has 0 saturated heterocycles. The van der Waals surface area contributed by atoms with Gasteiger partial charge in [-0.15, -0.1) is 0 Å². The van der Waals surface area contributed by atoms with E-state index in [4.69, 9.17) is 5.10 Å². The second-order valence-corrected chi connectivity index (χ2v) is 7.34. The number of aromatic carboxylic acids is 1. The average molecular weight is 349 g/mol. The number of para-hydroxylation sites is 2. The van der Waals surface area contributed by atoms with Crippen LogP contribution >= 0.6 is 0 Å². The highest BCUT2D eigenvalue weighted by molar-refractivity contribution is 5.95. The fourth-order valence-corrected chi connectivity index (χ4v) is 2.74. The molecule has 1 aromatic heterocycles. The topological polar surface area (TPSA) is 67.2 Å². The van der Waals surface area contributed by atoms with Crippen molar-refractivity contribution in [2.24, 2.45) is 0 Å². The summed E-state index contributed by atoms with van der Waals surface area (Å²) in [5, 5.41) is 17.5. The van der Waals surface area contributed by atoms with Gasteiger partial charge in [0.15, 0.2) is 0 Å². The Kier molecular flexibility index (Phi) is 4.55. The van der Waals surface area contributed by atoms with Gasteiger partial charge in [-0.05, 0) is 30.7 Å². The van der Waals surface area contributed by atoms with Crippen molar-refractivity contribution in [1.82, 2.24) is 9.78 Å². The van der Waals surface area contributed by atoms with Crippen LogP contribution in [0.3, 0.4) is 0 Å². The Hall–Kier alpha value is -3.08. The molecule has 0 fully saturated rings. The molecule has 26 heavy (non-hydrogen) atoms. The molecule has 0 spiro atoms. The molecule has 0 unspecified atom stereocenters. The van der Waals surface area contributed by atoms with E-state index in [1.807, 2.05) is 48.0 Å². The highest BCUT2D eigenvalue weighted by Gasteiger charge is 2.22. The Balaban J connectivity index is 2.14. The third-order valence-electron chi connectivity index (χ3n) is 4.24. The Labute approximate surface area is 153 Å². The lowest BCUT2D eigenvalue weighted by Crippen LogP contribution is -2.13. The first-order valence-electron chi connectivity index (χ1n) is 8.53. The maximum Gasteiger partial charge on any atom is 0.337 e. The predicted octanol–water partition coefficient (Wildman–Crippen LogP) is 4.92. The fourth-order valence-electron chi connectivity index (χ4n) is 2.74. The van der Waals surface area contributed by atoms with Crippen molar-refractivity contribution < 1.29 is 9.90 Å². The van der Waals surface area contributed by atoms with E-state index < -0.39 is 5.97 Å². The minimum absolute atomic E-state index is 0.128. The van der Waals surface area contributed by atoms with Gasteiger partial charge >= 0.3 is 5.97 Å². The molecule has 2 aromatic carbocycles. The monoisotopic (exact) mass is 349 g/mol. The largest absolute Gasteiger partial charge is 0.478 e. The van der Waals surface area contributed by atoms with Gasteiger partial charge in [-0.1, -0.05) is 51.1 Å². The number of aromatic nitrogens is 2. The van der Waals surface area contributed by atoms with Crippen molar-refractivity contribution in [2.75, 3.05) is 5.32 Å². The number of rotatable bonds is 4. The number of aryl methyl sites for hydroxylation is 1. The maximum absolute atomic E-state index is 11.5. The fraction of sp³-hybridized carbons (Fsp3) is 0.238. The van der Waals surface area contributed by atoms with Gasteiger partial charge in [-0.3, -0.25) is 0 Å². The van der Waals surface area contributed by atoms with Crippen LogP contribution in [-0.2, 0) is 5.41 Å². The van der Waals surface area contributed by atoms with Crippen molar-refractivity contribution >= 4 is 17.5 Å². The molecule has 0 atom stereocenters. The lowest BCUT2D eigenvalue weighted by molar-refractivity contribution is 0.0698. The number of hydrogen-bond donors (Lipinski definition) is 2. The van der Waals surface area contributed by atoms with E-state index >= 15 is 0 Å². The molecule has 5 heteroatoms. The molecular formula is C21H23N3O2. The van der Waals surface area contributed by atoms with Crippen LogP contribution in [0.15, 0.2) is 54.6 Å². The van der Waals surface area contributed by atoms with E-state index in [9.17, 15) is 9.90 Å². The van der Waals surface area contributed by atoms with Crippen LogP contribution in [0, 0.1) is 6.92 Å². The molecule has 0 aliphatic rings. The highest BCUT2D eigenvalue weighted by Crippen LogP contribution is 2.30. The summed E-state index contributed by atoms with van der Waals surface area (Å²) in [5.41, 5.74) is 3.61. The number of carboxylic acids is 1. The van der Waals surface area contributed by atoms with Crippen LogP contribution in [0.1, 0.15) is 42.4 Å². The molecule has 0 bridgehead atoms. The van der Waals surface area contributed by atoms with Crippen LogP contribution in [0.25, 0.3) is 5.69 Å². The number of nitrogens with zero attached hydrogens (tertiary/aromatic N) is 2. The Morgan fingerprint density at radius 3 is 2.38 bits per heavy atom. The molecule has 0 radical (unpaired) electrons. The van der Waals surface area contributed by atoms with Crippen molar-refractivity contribution in [1.29, 1.82) is 0 Å². The summed E-state index contributed by atoms with van der Waals surface area (Å²) in [6.07, 6.45) is 0. The zero-order chi connectivity index (χ0) is 18.9. The zero-order valence-electron chi connectivity index (χ0n) is 15.4. The summed E-state index contributed by atoms with van der Waals surface area (Å²) in [4.78, 5) is 11.5. The summed E-state index contributed by atoms with van der Waals surface area (Å²) < 4.78 is 1.84. The lowest BCUT2D eigenvalue weighted by atomic mass is 9.92. The summed E-state index contributed by atoms with van der Waals surface area (Å²) in [6.45, 7) is 8.34. The number of carbonyl (C=O) groups is 1. The predicted molar refractivity (Wildman–Crippen MR) is 104 cm³/mol. The first-order chi connectivity index (χ1) is 12.3. The minimum Gasteiger partial charge on any atom is -0.478 e. The summed E-state index contributed by atoms with van der Waals surface area (Å²) >= 11 is 0. The van der Waals surface area contributed by atoms with Crippen molar-refractivity contribution in [3.8, 4) is 5.69 Å². The van der Waals surface area contributed by atoms with E-state index in [1.54, 1.807) is 18.2 Å². The zero-order valence-corrected chi connectivity index (χ0v) is 15.4. The van der Waals surface area contributed by atoms with E-state index in [0.717, 1.165) is 22.8 Å². The van der Waals surface area contributed by atoms with E-state index in [-0.39, 0.29) is 11.0 Å². The molecule has 0 saturated carbocycles. The molecule has 3 rings (SSSR count). The quantitative estimate of drug-likeness (QED) is 0.701. The van der Waals surface area contributed by atoms with E-state index in [1.165, 1.54) is 0 Å². The van der Waals surface area contributed by atoms with Gasteiger partial charge in [-0.2, -0.15) is 5.10 Å². The highest BCUT2D eigenvalue weighted by atomic mass is 16.4. The third-order valence-corrected chi connectivity index (χ3v) is 4.24. The van der Waals surface area contributed by atoms with E-state index in [2.05, 4.69) is 26.1 Å². The first kappa shape index (κ1) is 17.7. The van der Waals surface area contributed by atoms with Gasteiger partial charge in [0, 0.05) is 11.5 Å². The Bertz CT molecular complexity index is 952. The molecule has 2 N–H and O–H groups in total. The number of carboxylic acid groups (broad SMARTS) is 1. The van der Waals surface area contributed by atoms with Gasteiger partial charge in [0.1, 0.15) is 5.82 Å². The second kappa shape index (κ2) is 6.67. The van der Waals surface area contributed by atoms with Crippen molar-refractivity contribution in [2.45, 2.75) is 33.1 Å². The second-order valence-electron chi connectivity index (χ2n) is 7.34. The van der Waals surface area contributed by atoms with Crippen molar-refractivity contribution in [3.05, 3.63) is 71.4 Å². The Morgan fingerprint density at radius 2 is 1.73 bits per heavy atom. The number of anilines is 2. The van der Waals surface area contributed by atoms with Gasteiger partial charge in [-0.25, -0.2) is 9.48 Å². The molecule has 5 nitrogen and oxygen atoms in total. The molecule has 134 valence electrons. The molecule has 0 aliphatic carbocycles. The lowest BCUT2D eigenvalue weighted by Gasteiger charge is -2.14. The van der Waals surface area contributed by atoms with E-state index in [0.29, 0.717) is 5.69 Å². The molecule has 0 aliphatic heterocycles. The van der Waals surface area contributed by atoms with Gasteiger partial charge < -0.3 is 10.4 Å². The van der Waals surface area contributed by atoms with Gasteiger partial charge in [0.05, 0.1) is 22.6 Å². The maximum atomic E-state index is 11.5.